The summed E-state index contributed by atoms with van der Waals surface area (Å²) >= 11 is 0. The summed E-state index contributed by atoms with van der Waals surface area (Å²) in [5.41, 5.74) is 0.646. The minimum absolute atomic E-state index is 0.0369. The maximum atomic E-state index is 12.9. The highest BCUT2D eigenvalue weighted by Crippen LogP contribution is 2.16. The van der Waals surface area contributed by atoms with Crippen LogP contribution in [0.3, 0.4) is 0 Å². The lowest BCUT2D eigenvalue weighted by atomic mass is 10.1. The summed E-state index contributed by atoms with van der Waals surface area (Å²) < 4.78 is 25.9. The zero-order valence-corrected chi connectivity index (χ0v) is 9.35. The number of rotatable bonds is 4. The van der Waals surface area contributed by atoms with Gasteiger partial charge in [0.25, 0.3) is 0 Å². The summed E-state index contributed by atoms with van der Waals surface area (Å²) in [7, 11) is 0. The van der Waals surface area contributed by atoms with E-state index < -0.39 is 11.6 Å². The van der Waals surface area contributed by atoms with Crippen LogP contribution in [0.2, 0.25) is 0 Å². The van der Waals surface area contributed by atoms with E-state index >= 15 is 0 Å². The lowest BCUT2D eigenvalue weighted by Crippen LogP contribution is -2.28. The zero-order valence-electron chi connectivity index (χ0n) is 9.35. The van der Waals surface area contributed by atoms with E-state index in [0.29, 0.717) is 11.6 Å². The molecular weight excluding hydrogens is 196 g/mol. The average molecular weight is 213 g/mol. The lowest BCUT2D eigenvalue weighted by Gasteiger charge is -2.19. The molecule has 2 atom stereocenters. The van der Waals surface area contributed by atoms with Crippen LogP contribution in [0.5, 0.6) is 0 Å². The minimum atomic E-state index is -0.525. The summed E-state index contributed by atoms with van der Waals surface area (Å²) in [5, 5.41) is 3.27. The molecular formula is C12H17F2N. The maximum absolute atomic E-state index is 12.9. The van der Waals surface area contributed by atoms with Crippen molar-refractivity contribution in [3.63, 3.8) is 0 Å². The van der Waals surface area contributed by atoms with E-state index in [4.69, 9.17) is 0 Å². The van der Waals surface area contributed by atoms with Gasteiger partial charge in [-0.1, -0.05) is 6.92 Å². The standard InChI is InChI=1S/C12H17F2N/c1-4-8(2)15-9(3)10-5-11(13)7-12(14)6-10/h5-9,15H,4H2,1-3H3/t8-,9+/m1/s1. The summed E-state index contributed by atoms with van der Waals surface area (Å²) in [4.78, 5) is 0. The second-order valence-corrected chi connectivity index (χ2v) is 3.90. The highest BCUT2D eigenvalue weighted by Gasteiger charge is 2.10. The monoisotopic (exact) mass is 213 g/mol. The molecule has 0 bridgehead atoms. The normalized spacial score (nSPS) is 15.0. The molecule has 0 heterocycles. The first kappa shape index (κ1) is 12.1. The first-order chi connectivity index (χ1) is 7.02. The minimum Gasteiger partial charge on any atom is -0.308 e. The van der Waals surface area contributed by atoms with Gasteiger partial charge < -0.3 is 5.32 Å². The van der Waals surface area contributed by atoms with Gasteiger partial charge in [-0.3, -0.25) is 0 Å². The van der Waals surface area contributed by atoms with E-state index in [1.165, 1.54) is 12.1 Å². The fourth-order valence-corrected chi connectivity index (χ4v) is 1.47. The number of nitrogens with one attached hydrogen (secondary N) is 1. The molecule has 1 aromatic rings. The smallest absolute Gasteiger partial charge is 0.126 e. The summed E-state index contributed by atoms with van der Waals surface area (Å²) in [6.07, 6.45) is 0.988. The van der Waals surface area contributed by atoms with E-state index in [1.54, 1.807) is 0 Å². The molecule has 0 spiro atoms. The Morgan fingerprint density at radius 3 is 2.13 bits per heavy atom. The van der Waals surface area contributed by atoms with Gasteiger partial charge in [-0.25, -0.2) is 8.78 Å². The molecule has 0 aliphatic heterocycles. The van der Waals surface area contributed by atoms with Gasteiger partial charge in [-0.2, -0.15) is 0 Å². The zero-order chi connectivity index (χ0) is 11.4. The number of halogens is 2. The molecule has 1 rings (SSSR count). The third-order valence-electron chi connectivity index (χ3n) is 2.53. The van der Waals surface area contributed by atoms with Crippen molar-refractivity contribution in [1.82, 2.24) is 5.32 Å². The Hall–Kier alpha value is -0.960. The maximum Gasteiger partial charge on any atom is 0.126 e. The van der Waals surface area contributed by atoms with E-state index in [9.17, 15) is 8.78 Å². The van der Waals surface area contributed by atoms with Crippen LogP contribution in [0.1, 0.15) is 38.8 Å². The second-order valence-electron chi connectivity index (χ2n) is 3.90. The van der Waals surface area contributed by atoms with Crippen LogP contribution in [-0.2, 0) is 0 Å². The van der Waals surface area contributed by atoms with Gasteiger partial charge in [0.15, 0.2) is 0 Å². The van der Waals surface area contributed by atoms with Crippen molar-refractivity contribution in [2.24, 2.45) is 0 Å². The molecule has 84 valence electrons. The molecule has 0 aromatic heterocycles. The van der Waals surface area contributed by atoms with Crippen LogP contribution in [0.4, 0.5) is 8.78 Å². The first-order valence-corrected chi connectivity index (χ1v) is 5.25. The summed E-state index contributed by atoms with van der Waals surface area (Å²) in [6, 6.07) is 3.92. The predicted octanol–water partition coefficient (Wildman–Crippen LogP) is 3.41. The van der Waals surface area contributed by atoms with Gasteiger partial charge >= 0.3 is 0 Å². The molecule has 3 heteroatoms. The largest absolute Gasteiger partial charge is 0.308 e. The summed E-state index contributed by atoms with van der Waals surface area (Å²) in [6.45, 7) is 6.02. The van der Waals surface area contributed by atoms with Crippen molar-refractivity contribution < 1.29 is 8.78 Å². The van der Waals surface area contributed by atoms with Gasteiger partial charge in [0, 0.05) is 18.2 Å². The molecule has 0 radical (unpaired) electrons. The lowest BCUT2D eigenvalue weighted by molar-refractivity contribution is 0.464. The van der Waals surface area contributed by atoms with Crippen molar-refractivity contribution in [3.8, 4) is 0 Å². The van der Waals surface area contributed by atoms with Crippen LogP contribution >= 0.6 is 0 Å². The molecule has 0 aliphatic carbocycles. The van der Waals surface area contributed by atoms with E-state index in [1.807, 2.05) is 13.8 Å². The van der Waals surface area contributed by atoms with Crippen molar-refractivity contribution in [1.29, 1.82) is 0 Å². The molecule has 1 nitrogen and oxygen atoms in total. The molecule has 15 heavy (non-hydrogen) atoms. The summed E-state index contributed by atoms with van der Waals surface area (Å²) in [5.74, 6) is -1.05. The van der Waals surface area contributed by atoms with Gasteiger partial charge in [0.2, 0.25) is 0 Å². The van der Waals surface area contributed by atoms with Crippen LogP contribution in [-0.4, -0.2) is 6.04 Å². The second kappa shape index (κ2) is 5.21. The molecule has 0 unspecified atom stereocenters. The molecule has 0 aliphatic rings. The highest BCUT2D eigenvalue weighted by molar-refractivity contribution is 5.20. The Morgan fingerprint density at radius 2 is 1.67 bits per heavy atom. The molecule has 0 saturated heterocycles. The van der Waals surface area contributed by atoms with Gasteiger partial charge in [-0.15, -0.1) is 0 Å². The molecule has 0 amide bonds. The van der Waals surface area contributed by atoms with Crippen LogP contribution in [0.25, 0.3) is 0 Å². The molecule has 1 N–H and O–H groups in total. The molecule has 0 saturated carbocycles. The van der Waals surface area contributed by atoms with Crippen molar-refractivity contribution in [2.45, 2.75) is 39.3 Å². The number of benzene rings is 1. The number of hydrogen-bond donors (Lipinski definition) is 1. The van der Waals surface area contributed by atoms with Gasteiger partial charge in [0.1, 0.15) is 11.6 Å². The van der Waals surface area contributed by atoms with Crippen LogP contribution in [0.15, 0.2) is 18.2 Å². The van der Waals surface area contributed by atoms with Gasteiger partial charge in [0.05, 0.1) is 0 Å². The van der Waals surface area contributed by atoms with Crippen molar-refractivity contribution in [3.05, 3.63) is 35.4 Å². The quantitative estimate of drug-likeness (QED) is 0.808. The third-order valence-corrected chi connectivity index (χ3v) is 2.53. The SMILES string of the molecule is CC[C@@H](C)N[C@@H](C)c1cc(F)cc(F)c1. The Morgan fingerprint density at radius 1 is 1.13 bits per heavy atom. The fourth-order valence-electron chi connectivity index (χ4n) is 1.47. The van der Waals surface area contributed by atoms with E-state index in [2.05, 4.69) is 12.2 Å². The third kappa shape index (κ3) is 3.59. The molecule has 0 fully saturated rings. The molecule has 1 aromatic carbocycles. The Bertz CT molecular complexity index is 305. The highest BCUT2D eigenvalue weighted by atomic mass is 19.1. The van der Waals surface area contributed by atoms with Crippen LogP contribution < -0.4 is 5.32 Å². The van der Waals surface area contributed by atoms with Crippen molar-refractivity contribution in [2.75, 3.05) is 0 Å². The average Bonchev–Trinajstić information content (AvgIpc) is 2.16. The van der Waals surface area contributed by atoms with Gasteiger partial charge in [-0.05, 0) is 38.0 Å². The Kier molecular flexibility index (Phi) is 4.21. The van der Waals surface area contributed by atoms with E-state index in [-0.39, 0.29) is 6.04 Å². The van der Waals surface area contributed by atoms with Crippen LogP contribution in [0, 0.1) is 11.6 Å². The first-order valence-electron chi connectivity index (χ1n) is 5.25. The fraction of sp³-hybridized carbons (Fsp3) is 0.500. The Labute approximate surface area is 89.5 Å². The van der Waals surface area contributed by atoms with E-state index in [0.717, 1.165) is 12.5 Å². The Balaban J connectivity index is 2.77. The number of hydrogen-bond acceptors (Lipinski definition) is 1. The topological polar surface area (TPSA) is 12.0 Å². The predicted molar refractivity (Wildman–Crippen MR) is 57.7 cm³/mol. The van der Waals surface area contributed by atoms with Crippen molar-refractivity contribution >= 4 is 0 Å².